The Hall–Kier alpha value is -0.500. The molecule has 1 saturated heterocycles. The minimum Gasteiger partial charge on any atom is -0.372 e. The zero-order valence-electron chi connectivity index (χ0n) is 9.64. The number of hydrogen-bond acceptors (Lipinski definition) is 2. The van der Waals surface area contributed by atoms with Crippen molar-refractivity contribution >= 4 is 0 Å². The summed E-state index contributed by atoms with van der Waals surface area (Å²) in [7, 11) is 0. The van der Waals surface area contributed by atoms with Crippen molar-refractivity contribution in [3.63, 3.8) is 0 Å². The number of nitrogens with one attached hydrogen (secondary N) is 1. The second kappa shape index (κ2) is 3.58. The molecule has 0 bridgehead atoms. The minimum absolute atomic E-state index is 0.439. The van der Waals surface area contributed by atoms with Crippen molar-refractivity contribution in [2.24, 2.45) is 11.3 Å². The zero-order chi connectivity index (χ0) is 10.2. The predicted octanol–water partition coefficient (Wildman–Crippen LogP) is 1.84. The third-order valence-corrected chi connectivity index (χ3v) is 3.45. The third-order valence-electron chi connectivity index (χ3n) is 3.45. The van der Waals surface area contributed by atoms with E-state index in [9.17, 15) is 0 Å². The van der Waals surface area contributed by atoms with Crippen LogP contribution in [0.4, 0.5) is 0 Å². The van der Waals surface area contributed by atoms with Crippen LogP contribution < -0.4 is 5.32 Å². The maximum absolute atomic E-state index is 3.40. The first-order valence-electron chi connectivity index (χ1n) is 5.75. The average Bonchev–Trinajstić information content (AvgIpc) is 2.00. The molecule has 1 aliphatic heterocycles. The summed E-state index contributed by atoms with van der Waals surface area (Å²) in [6.45, 7) is 11.7. The predicted molar refractivity (Wildman–Crippen MR) is 60.1 cm³/mol. The van der Waals surface area contributed by atoms with Gasteiger partial charge in [-0.15, -0.1) is 0 Å². The molecule has 80 valence electrons. The van der Waals surface area contributed by atoms with Gasteiger partial charge in [-0.05, 0) is 11.8 Å². The number of nitrogens with zero attached hydrogens (tertiary/aromatic N) is 1. The largest absolute Gasteiger partial charge is 0.372 e. The highest BCUT2D eigenvalue weighted by Crippen LogP contribution is 2.42. The van der Waals surface area contributed by atoms with Crippen molar-refractivity contribution in [1.29, 1.82) is 0 Å². The van der Waals surface area contributed by atoms with Gasteiger partial charge in [0.1, 0.15) is 0 Å². The fraction of sp³-hybridized carbons (Fsp3) is 0.833. The van der Waals surface area contributed by atoms with E-state index in [0.29, 0.717) is 5.41 Å². The summed E-state index contributed by atoms with van der Waals surface area (Å²) < 4.78 is 0. The van der Waals surface area contributed by atoms with Crippen molar-refractivity contribution in [2.45, 2.75) is 27.2 Å². The molecule has 1 fully saturated rings. The molecule has 2 heteroatoms. The molecule has 0 amide bonds. The lowest BCUT2D eigenvalue weighted by Gasteiger charge is -2.45. The first-order valence-corrected chi connectivity index (χ1v) is 5.75. The van der Waals surface area contributed by atoms with Crippen LogP contribution in [0.1, 0.15) is 27.2 Å². The Kier molecular flexibility index (Phi) is 2.56. The summed E-state index contributed by atoms with van der Waals surface area (Å²) in [5.74, 6) is 0.792. The molecule has 1 N–H and O–H groups in total. The Morgan fingerprint density at radius 1 is 1.29 bits per heavy atom. The van der Waals surface area contributed by atoms with E-state index in [1.54, 1.807) is 5.70 Å². The Balaban J connectivity index is 1.98. The van der Waals surface area contributed by atoms with E-state index < -0.39 is 0 Å². The highest BCUT2D eigenvalue weighted by atomic mass is 15.2. The zero-order valence-corrected chi connectivity index (χ0v) is 9.64. The van der Waals surface area contributed by atoms with Gasteiger partial charge in [0, 0.05) is 37.8 Å². The van der Waals surface area contributed by atoms with Gasteiger partial charge in [0.15, 0.2) is 0 Å². The topological polar surface area (TPSA) is 15.3 Å². The fourth-order valence-corrected chi connectivity index (χ4v) is 2.41. The second-order valence-corrected chi connectivity index (χ2v) is 5.52. The summed E-state index contributed by atoms with van der Waals surface area (Å²) in [4.78, 5) is 2.57. The van der Waals surface area contributed by atoms with Crippen LogP contribution in [0.25, 0.3) is 0 Å². The van der Waals surface area contributed by atoms with Gasteiger partial charge >= 0.3 is 0 Å². The van der Waals surface area contributed by atoms with Crippen molar-refractivity contribution in [1.82, 2.24) is 10.2 Å². The molecule has 0 radical (unpaired) electrons. The standard InChI is InChI=1S/C12H22N2/c1-12(2,3)10-4-5-11(10)14-8-6-13-7-9-14/h5,10,13H,4,6-9H2,1-3H3. The van der Waals surface area contributed by atoms with Crippen LogP contribution >= 0.6 is 0 Å². The summed E-state index contributed by atoms with van der Waals surface area (Å²) in [5.41, 5.74) is 2.05. The van der Waals surface area contributed by atoms with Gasteiger partial charge in [0.05, 0.1) is 0 Å². The van der Waals surface area contributed by atoms with Crippen molar-refractivity contribution in [3.05, 3.63) is 11.8 Å². The average molecular weight is 194 g/mol. The smallest absolute Gasteiger partial charge is 0.0300 e. The van der Waals surface area contributed by atoms with Crippen molar-refractivity contribution in [2.75, 3.05) is 26.2 Å². The van der Waals surface area contributed by atoms with E-state index in [1.165, 1.54) is 19.5 Å². The SMILES string of the molecule is CC(C)(C)C1CC=C1N1CCNCC1. The van der Waals surface area contributed by atoms with E-state index in [0.717, 1.165) is 19.0 Å². The molecule has 2 nitrogen and oxygen atoms in total. The van der Waals surface area contributed by atoms with E-state index in [2.05, 4.69) is 37.1 Å². The van der Waals surface area contributed by atoms with Crippen LogP contribution in [0, 0.1) is 11.3 Å². The van der Waals surface area contributed by atoms with Crippen LogP contribution in [0.5, 0.6) is 0 Å². The van der Waals surface area contributed by atoms with E-state index in [-0.39, 0.29) is 0 Å². The van der Waals surface area contributed by atoms with Crippen LogP contribution in [0.15, 0.2) is 11.8 Å². The lowest BCUT2D eigenvalue weighted by molar-refractivity contribution is 0.171. The third kappa shape index (κ3) is 1.81. The number of piperazine rings is 1. The Morgan fingerprint density at radius 2 is 1.93 bits per heavy atom. The quantitative estimate of drug-likeness (QED) is 0.685. The molecule has 1 aliphatic carbocycles. The molecule has 0 aromatic carbocycles. The van der Waals surface area contributed by atoms with Gasteiger partial charge in [0.25, 0.3) is 0 Å². The van der Waals surface area contributed by atoms with E-state index in [4.69, 9.17) is 0 Å². The molecule has 1 unspecified atom stereocenters. The molecule has 0 aromatic rings. The van der Waals surface area contributed by atoms with E-state index >= 15 is 0 Å². The monoisotopic (exact) mass is 194 g/mol. The Morgan fingerprint density at radius 3 is 2.36 bits per heavy atom. The number of allylic oxidation sites excluding steroid dienone is 2. The molecular weight excluding hydrogens is 172 g/mol. The van der Waals surface area contributed by atoms with Gasteiger partial charge in [-0.3, -0.25) is 0 Å². The number of hydrogen-bond donors (Lipinski definition) is 1. The molecule has 14 heavy (non-hydrogen) atoms. The molecule has 1 atom stereocenters. The van der Waals surface area contributed by atoms with Gasteiger partial charge in [-0.1, -0.05) is 26.8 Å². The minimum atomic E-state index is 0.439. The maximum Gasteiger partial charge on any atom is 0.0300 e. The highest BCUT2D eigenvalue weighted by molar-refractivity contribution is 5.20. The second-order valence-electron chi connectivity index (χ2n) is 5.52. The summed E-state index contributed by atoms with van der Waals surface area (Å²) >= 11 is 0. The molecule has 0 aromatic heterocycles. The van der Waals surface area contributed by atoms with Gasteiger partial charge in [-0.25, -0.2) is 0 Å². The van der Waals surface area contributed by atoms with Crippen LogP contribution in [0.2, 0.25) is 0 Å². The molecule has 1 heterocycles. The van der Waals surface area contributed by atoms with Crippen molar-refractivity contribution in [3.8, 4) is 0 Å². The number of rotatable bonds is 1. The van der Waals surface area contributed by atoms with E-state index in [1.807, 2.05) is 0 Å². The van der Waals surface area contributed by atoms with Gasteiger partial charge < -0.3 is 10.2 Å². The molecular formula is C12H22N2. The first kappa shape index (κ1) is 10.0. The summed E-state index contributed by atoms with van der Waals surface area (Å²) in [6.07, 6.45) is 3.70. The molecule has 0 saturated carbocycles. The highest BCUT2D eigenvalue weighted by Gasteiger charge is 2.35. The van der Waals surface area contributed by atoms with Crippen molar-refractivity contribution < 1.29 is 0 Å². The molecule has 0 spiro atoms. The Labute approximate surface area is 87.4 Å². The lowest BCUT2D eigenvalue weighted by Crippen LogP contribution is -2.47. The normalized spacial score (nSPS) is 28.4. The molecule has 2 rings (SSSR count). The maximum atomic E-state index is 3.40. The molecule has 2 aliphatic rings. The summed E-state index contributed by atoms with van der Waals surface area (Å²) in [6, 6.07) is 0. The van der Waals surface area contributed by atoms with Crippen LogP contribution in [-0.2, 0) is 0 Å². The first-order chi connectivity index (χ1) is 6.59. The van der Waals surface area contributed by atoms with Crippen LogP contribution in [-0.4, -0.2) is 31.1 Å². The van der Waals surface area contributed by atoms with Gasteiger partial charge in [0.2, 0.25) is 0 Å². The Bertz CT molecular complexity index is 231. The lowest BCUT2D eigenvalue weighted by atomic mass is 9.70. The fourth-order valence-electron chi connectivity index (χ4n) is 2.41. The van der Waals surface area contributed by atoms with Crippen LogP contribution in [0.3, 0.4) is 0 Å². The summed E-state index contributed by atoms with van der Waals surface area (Å²) in [5, 5.41) is 3.40. The van der Waals surface area contributed by atoms with Gasteiger partial charge in [-0.2, -0.15) is 0 Å².